The average molecular weight is 373 g/mol. The molecule has 1 aromatic carbocycles. The van der Waals surface area contributed by atoms with Crippen LogP contribution in [-0.2, 0) is 16.0 Å². The number of ether oxygens (including phenoxy) is 1. The fourth-order valence-electron chi connectivity index (χ4n) is 3.98. The Bertz CT molecular complexity index is 718. The van der Waals surface area contributed by atoms with Crippen molar-refractivity contribution in [2.45, 2.75) is 44.6 Å². The van der Waals surface area contributed by atoms with Gasteiger partial charge in [-0.15, -0.1) is 0 Å². The van der Waals surface area contributed by atoms with E-state index in [0.29, 0.717) is 19.4 Å². The number of hydrogen-bond acceptors (Lipinski definition) is 4. The SMILES string of the molecule is COc1ccc(CCNC(=O)CN2C(=O)N[C@]3(CCCC[C@@H]3C)C2=O)cc1. The molecule has 7 heteroatoms. The Morgan fingerprint density at radius 1 is 1.30 bits per heavy atom. The summed E-state index contributed by atoms with van der Waals surface area (Å²) in [6, 6.07) is 7.16. The van der Waals surface area contributed by atoms with Crippen LogP contribution in [0.25, 0.3) is 0 Å². The molecular weight excluding hydrogens is 346 g/mol. The van der Waals surface area contributed by atoms with Crippen LogP contribution in [0.1, 0.15) is 38.2 Å². The molecule has 2 N–H and O–H groups in total. The minimum atomic E-state index is -0.821. The highest BCUT2D eigenvalue weighted by atomic mass is 16.5. The first-order valence-corrected chi connectivity index (χ1v) is 9.50. The summed E-state index contributed by atoms with van der Waals surface area (Å²) in [7, 11) is 1.61. The van der Waals surface area contributed by atoms with Crippen LogP contribution in [0.15, 0.2) is 24.3 Å². The fourth-order valence-corrected chi connectivity index (χ4v) is 3.98. The van der Waals surface area contributed by atoms with E-state index in [1.165, 1.54) is 0 Å². The van der Waals surface area contributed by atoms with Gasteiger partial charge in [0.2, 0.25) is 5.91 Å². The van der Waals surface area contributed by atoms with Crippen LogP contribution in [0.4, 0.5) is 4.79 Å². The van der Waals surface area contributed by atoms with Crippen molar-refractivity contribution in [2.24, 2.45) is 5.92 Å². The number of hydrogen-bond donors (Lipinski definition) is 2. The number of urea groups is 1. The molecule has 7 nitrogen and oxygen atoms in total. The van der Waals surface area contributed by atoms with Gasteiger partial charge in [-0.3, -0.25) is 14.5 Å². The molecule has 1 aliphatic carbocycles. The highest BCUT2D eigenvalue weighted by Crippen LogP contribution is 2.38. The standard InChI is InChI=1S/C20H27N3O4/c1-14-5-3-4-11-20(14)18(25)23(19(26)22-20)13-17(24)21-12-10-15-6-8-16(27-2)9-7-15/h6-9,14H,3-5,10-13H2,1-2H3,(H,21,24)(H,22,26)/t14-,20-/m0/s1. The zero-order chi connectivity index (χ0) is 19.4. The number of methoxy groups -OCH3 is 1. The van der Waals surface area contributed by atoms with Gasteiger partial charge >= 0.3 is 6.03 Å². The minimum absolute atomic E-state index is 0.0887. The number of imide groups is 1. The van der Waals surface area contributed by atoms with Gasteiger partial charge in [-0.25, -0.2) is 4.79 Å². The molecule has 1 heterocycles. The van der Waals surface area contributed by atoms with Gasteiger partial charge in [0.25, 0.3) is 5.91 Å². The zero-order valence-corrected chi connectivity index (χ0v) is 15.9. The lowest BCUT2D eigenvalue weighted by atomic mass is 9.73. The second-order valence-corrected chi connectivity index (χ2v) is 7.39. The predicted octanol–water partition coefficient (Wildman–Crippen LogP) is 1.85. The molecule has 1 spiro atoms. The lowest BCUT2D eigenvalue weighted by molar-refractivity contribution is -0.137. The smallest absolute Gasteiger partial charge is 0.325 e. The normalized spacial score (nSPS) is 24.8. The van der Waals surface area contributed by atoms with E-state index >= 15 is 0 Å². The Labute approximate surface area is 159 Å². The van der Waals surface area contributed by atoms with E-state index in [1.807, 2.05) is 31.2 Å². The van der Waals surface area contributed by atoms with Crippen molar-refractivity contribution in [3.8, 4) is 5.75 Å². The van der Waals surface area contributed by atoms with Crippen LogP contribution >= 0.6 is 0 Å². The van der Waals surface area contributed by atoms with Crippen LogP contribution in [0.2, 0.25) is 0 Å². The Morgan fingerprint density at radius 2 is 2.04 bits per heavy atom. The van der Waals surface area contributed by atoms with Gasteiger partial charge in [0.1, 0.15) is 17.8 Å². The van der Waals surface area contributed by atoms with E-state index in [2.05, 4.69) is 10.6 Å². The average Bonchev–Trinajstić information content (AvgIpc) is 2.90. The molecule has 1 aliphatic heterocycles. The first-order chi connectivity index (χ1) is 13.0. The van der Waals surface area contributed by atoms with Crippen molar-refractivity contribution in [1.82, 2.24) is 15.5 Å². The van der Waals surface area contributed by atoms with E-state index in [4.69, 9.17) is 4.74 Å². The van der Waals surface area contributed by atoms with Crippen molar-refractivity contribution in [3.05, 3.63) is 29.8 Å². The van der Waals surface area contributed by atoms with Crippen LogP contribution < -0.4 is 15.4 Å². The van der Waals surface area contributed by atoms with Gasteiger partial charge in [-0.1, -0.05) is 31.9 Å². The van der Waals surface area contributed by atoms with Crippen molar-refractivity contribution < 1.29 is 19.1 Å². The van der Waals surface area contributed by atoms with Crippen molar-refractivity contribution in [2.75, 3.05) is 20.2 Å². The summed E-state index contributed by atoms with van der Waals surface area (Å²) in [4.78, 5) is 38.4. The number of nitrogens with zero attached hydrogens (tertiary/aromatic N) is 1. The Hall–Kier alpha value is -2.57. The molecule has 3 rings (SSSR count). The highest BCUT2D eigenvalue weighted by Gasteiger charge is 2.55. The summed E-state index contributed by atoms with van der Waals surface area (Å²) < 4.78 is 5.12. The highest BCUT2D eigenvalue weighted by molar-refractivity contribution is 6.09. The van der Waals surface area contributed by atoms with E-state index < -0.39 is 11.6 Å². The van der Waals surface area contributed by atoms with Gasteiger partial charge in [0, 0.05) is 6.54 Å². The summed E-state index contributed by atoms with van der Waals surface area (Å²) in [5.74, 6) is 0.288. The summed E-state index contributed by atoms with van der Waals surface area (Å²) in [6.45, 7) is 2.20. The predicted molar refractivity (Wildman–Crippen MR) is 100 cm³/mol. The quantitative estimate of drug-likeness (QED) is 0.745. The maximum Gasteiger partial charge on any atom is 0.325 e. The van der Waals surface area contributed by atoms with Crippen LogP contribution in [0.3, 0.4) is 0 Å². The summed E-state index contributed by atoms with van der Waals surface area (Å²) >= 11 is 0. The Balaban J connectivity index is 1.51. The van der Waals surface area contributed by atoms with Gasteiger partial charge in [-0.2, -0.15) is 0 Å². The molecule has 4 amide bonds. The second kappa shape index (κ2) is 7.98. The summed E-state index contributed by atoms with van der Waals surface area (Å²) in [6.07, 6.45) is 4.20. The number of benzene rings is 1. The monoisotopic (exact) mass is 373 g/mol. The van der Waals surface area contributed by atoms with Gasteiger partial charge < -0.3 is 15.4 Å². The van der Waals surface area contributed by atoms with Gasteiger partial charge in [0.05, 0.1) is 7.11 Å². The molecule has 146 valence electrons. The number of carbonyl (C=O) groups is 3. The molecule has 0 aromatic heterocycles. The summed E-state index contributed by atoms with van der Waals surface area (Å²) in [5.41, 5.74) is 0.250. The van der Waals surface area contributed by atoms with Crippen LogP contribution in [0.5, 0.6) is 5.75 Å². The lowest BCUT2D eigenvalue weighted by Crippen LogP contribution is -2.54. The fraction of sp³-hybridized carbons (Fsp3) is 0.550. The van der Waals surface area contributed by atoms with Gasteiger partial charge in [0.15, 0.2) is 0 Å². The molecule has 1 saturated heterocycles. The molecule has 1 saturated carbocycles. The molecule has 2 fully saturated rings. The van der Waals surface area contributed by atoms with E-state index in [0.717, 1.165) is 35.5 Å². The molecule has 2 aliphatic rings. The third kappa shape index (κ3) is 3.91. The van der Waals surface area contributed by atoms with Crippen LogP contribution in [-0.4, -0.2) is 48.5 Å². The third-order valence-electron chi connectivity index (χ3n) is 5.70. The maximum absolute atomic E-state index is 12.8. The topological polar surface area (TPSA) is 87.7 Å². The molecule has 0 unspecified atom stereocenters. The largest absolute Gasteiger partial charge is 0.497 e. The maximum atomic E-state index is 12.8. The minimum Gasteiger partial charge on any atom is -0.497 e. The Morgan fingerprint density at radius 3 is 2.70 bits per heavy atom. The lowest BCUT2D eigenvalue weighted by Gasteiger charge is -2.36. The van der Waals surface area contributed by atoms with Crippen molar-refractivity contribution >= 4 is 17.8 Å². The zero-order valence-electron chi connectivity index (χ0n) is 15.9. The summed E-state index contributed by atoms with van der Waals surface area (Å²) in [5, 5.41) is 5.65. The van der Waals surface area contributed by atoms with Crippen molar-refractivity contribution in [3.63, 3.8) is 0 Å². The number of nitrogens with one attached hydrogen (secondary N) is 2. The third-order valence-corrected chi connectivity index (χ3v) is 5.70. The molecule has 0 bridgehead atoms. The molecule has 27 heavy (non-hydrogen) atoms. The Kier molecular flexibility index (Phi) is 5.68. The molecule has 1 aromatic rings. The van der Waals surface area contributed by atoms with Crippen molar-refractivity contribution in [1.29, 1.82) is 0 Å². The first-order valence-electron chi connectivity index (χ1n) is 9.50. The van der Waals surface area contributed by atoms with E-state index in [9.17, 15) is 14.4 Å². The number of rotatable bonds is 6. The van der Waals surface area contributed by atoms with E-state index in [-0.39, 0.29) is 24.3 Å². The van der Waals surface area contributed by atoms with Gasteiger partial charge in [-0.05, 0) is 42.9 Å². The number of amides is 4. The van der Waals surface area contributed by atoms with Crippen LogP contribution in [0, 0.1) is 5.92 Å². The second-order valence-electron chi connectivity index (χ2n) is 7.39. The molecule has 0 radical (unpaired) electrons. The first kappa shape index (κ1) is 19.2. The number of carbonyl (C=O) groups excluding carboxylic acids is 3. The molecule has 2 atom stereocenters. The molecular formula is C20H27N3O4. The van der Waals surface area contributed by atoms with E-state index in [1.54, 1.807) is 7.11 Å².